The topological polar surface area (TPSA) is 42.4 Å². The van der Waals surface area contributed by atoms with Crippen LogP contribution in [0, 0.1) is 0 Å². The molecule has 4 nitrogen and oxygen atoms in total. The highest BCUT2D eigenvalue weighted by atomic mass is 79.9. The summed E-state index contributed by atoms with van der Waals surface area (Å²) in [5.74, 6) is 0.650. The number of hydrogen-bond donors (Lipinski definition) is 0. The Kier molecular flexibility index (Phi) is 4.98. The smallest absolute Gasteiger partial charge is 0.277 e. The zero-order chi connectivity index (χ0) is 18.1. The Bertz CT molecular complexity index is 958. The largest absolute Gasteiger partial charge is 0.486 e. The van der Waals surface area contributed by atoms with Gasteiger partial charge in [-0.3, -0.25) is 4.79 Å². The van der Waals surface area contributed by atoms with Gasteiger partial charge >= 0.3 is 0 Å². The first-order chi connectivity index (χ1) is 12.6. The van der Waals surface area contributed by atoms with Gasteiger partial charge < -0.3 is 9.64 Å². The van der Waals surface area contributed by atoms with Crippen molar-refractivity contribution in [3.63, 3.8) is 0 Å². The van der Waals surface area contributed by atoms with Crippen LogP contribution in [0.15, 0.2) is 52.3 Å². The van der Waals surface area contributed by atoms with E-state index in [4.69, 9.17) is 16.3 Å². The van der Waals surface area contributed by atoms with Crippen molar-refractivity contribution in [3.05, 3.63) is 73.6 Å². The van der Waals surface area contributed by atoms with E-state index in [2.05, 4.69) is 27.0 Å². The van der Waals surface area contributed by atoms with Crippen molar-refractivity contribution >= 4 is 50.5 Å². The molecule has 1 aliphatic rings. The molecule has 1 aliphatic heterocycles. The highest BCUT2D eigenvalue weighted by molar-refractivity contribution is 9.10. The van der Waals surface area contributed by atoms with Gasteiger partial charge in [-0.15, -0.1) is 11.3 Å². The molecule has 0 bridgehead atoms. The van der Waals surface area contributed by atoms with Crippen molar-refractivity contribution in [1.82, 2.24) is 4.98 Å². The monoisotopic (exact) mass is 448 g/mol. The summed E-state index contributed by atoms with van der Waals surface area (Å²) in [6.07, 6.45) is 0.858. The van der Waals surface area contributed by atoms with Crippen LogP contribution >= 0.6 is 38.9 Å². The number of nitrogens with zero attached hydrogens (tertiary/aromatic N) is 2. The van der Waals surface area contributed by atoms with E-state index in [1.165, 1.54) is 16.9 Å². The fourth-order valence-electron chi connectivity index (χ4n) is 2.87. The predicted molar refractivity (Wildman–Crippen MR) is 107 cm³/mol. The number of benzene rings is 2. The van der Waals surface area contributed by atoms with Gasteiger partial charge in [-0.2, -0.15) is 0 Å². The van der Waals surface area contributed by atoms with E-state index in [1.54, 1.807) is 34.5 Å². The minimum atomic E-state index is -0.0694. The summed E-state index contributed by atoms with van der Waals surface area (Å²) in [5.41, 5.74) is 2.60. The Morgan fingerprint density at radius 3 is 2.88 bits per heavy atom. The number of thiazole rings is 1. The van der Waals surface area contributed by atoms with Crippen LogP contribution in [0.5, 0.6) is 5.75 Å². The molecule has 2 aromatic carbocycles. The number of ether oxygens (including phenoxy) is 1. The van der Waals surface area contributed by atoms with Crippen LogP contribution in [0.1, 0.15) is 21.1 Å². The molecule has 7 heteroatoms. The van der Waals surface area contributed by atoms with E-state index in [9.17, 15) is 4.79 Å². The van der Waals surface area contributed by atoms with Gasteiger partial charge in [0.05, 0.1) is 0 Å². The lowest BCUT2D eigenvalue weighted by Gasteiger charge is -2.15. The van der Waals surface area contributed by atoms with Crippen LogP contribution in [-0.2, 0) is 13.0 Å². The number of carbonyl (C=O) groups excluding carboxylic acids is 1. The average Bonchev–Trinajstić information content (AvgIpc) is 3.27. The van der Waals surface area contributed by atoms with Crippen molar-refractivity contribution < 1.29 is 9.53 Å². The third kappa shape index (κ3) is 3.63. The number of hydrogen-bond acceptors (Lipinski definition) is 4. The Morgan fingerprint density at radius 2 is 2.08 bits per heavy atom. The van der Waals surface area contributed by atoms with E-state index >= 15 is 0 Å². The average molecular weight is 450 g/mol. The van der Waals surface area contributed by atoms with Gasteiger partial charge in [0.2, 0.25) is 0 Å². The maximum atomic E-state index is 12.8. The van der Waals surface area contributed by atoms with Gasteiger partial charge in [-0.25, -0.2) is 4.98 Å². The number of anilines is 1. The second-order valence-electron chi connectivity index (χ2n) is 5.85. The van der Waals surface area contributed by atoms with Crippen molar-refractivity contribution in [2.45, 2.75) is 13.0 Å². The molecular weight excluding hydrogens is 436 g/mol. The summed E-state index contributed by atoms with van der Waals surface area (Å²) < 4.78 is 6.72. The molecule has 0 spiro atoms. The van der Waals surface area contributed by atoms with Gasteiger partial charge in [0.1, 0.15) is 23.1 Å². The van der Waals surface area contributed by atoms with E-state index in [0.717, 1.165) is 27.3 Å². The number of carbonyl (C=O) groups is 1. The van der Waals surface area contributed by atoms with E-state index in [-0.39, 0.29) is 5.91 Å². The maximum Gasteiger partial charge on any atom is 0.277 e. The van der Waals surface area contributed by atoms with Crippen LogP contribution < -0.4 is 9.64 Å². The second-order valence-corrected chi connectivity index (χ2v) is 8.14. The molecule has 3 aromatic rings. The molecular formula is C19H14BrClN2O2S. The Hall–Kier alpha value is -1.89. The van der Waals surface area contributed by atoms with Crippen LogP contribution in [0.25, 0.3) is 0 Å². The molecule has 0 atom stereocenters. The predicted octanol–water partition coefficient (Wildman–Crippen LogP) is 5.34. The molecule has 2 heterocycles. The lowest BCUT2D eigenvalue weighted by atomic mass is 10.2. The lowest BCUT2D eigenvalue weighted by Crippen LogP contribution is -2.29. The number of rotatable bonds is 4. The summed E-state index contributed by atoms with van der Waals surface area (Å²) in [4.78, 5) is 19.1. The quantitative estimate of drug-likeness (QED) is 0.540. The molecule has 0 saturated heterocycles. The number of fused-ring (bicyclic) bond motifs is 1. The summed E-state index contributed by atoms with van der Waals surface area (Å²) in [6, 6.07) is 13.2. The minimum Gasteiger partial charge on any atom is -0.486 e. The fourth-order valence-corrected chi connectivity index (χ4v) is 4.08. The van der Waals surface area contributed by atoms with Gasteiger partial charge in [0.15, 0.2) is 0 Å². The Balaban J connectivity index is 1.45. The molecule has 0 unspecified atom stereocenters. The molecule has 4 rings (SSSR count). The number of amides is 1. The van der Waals surface area contributed by atoms with Crippen LogP contribution in [0.4, 0.5) is 5.69 Å². The standard InChI is InChI=1S/C19H14BrClN2O2S/c20-13-1-6-17-12(9-13)7-8-23(17)19(24)16-11-26-18(22-16)10-25-15-4-2-14(21)3-5-15/h1-6,9,11H,7-8,10H2. The molecule has 0 radical (unpaired) electrons. The van der Waals surface area contributed by atoms with E-state index < -0.39 is 0 Å². The number of aromatic nitrogens is 1. The molecule has 0 fully saturated rings. The van der Waals surface area contributed by atoms with Crippen molar-refractivity contribution in [2.24, 2.45) is 0 Å². The SMILES string of the molecule is O=C(c1csc(COc2ccc(Cl)cc2)n1)N1CCc2cc(Br)ccc21. The Morgan fingerprint density at radius 1 is 1.27 bits per heavy atom. The highest BCUT2D eigenvalue weighted by Gasteiger charge is 2.27. The Labute approximate surface area is 168 Å². The lowest BCUT2D eigenvalue weighted by molar-refractivity contribution is 0.0985. The molecule has 132 valence electrons. The van der Waals surface area contributed by atoms with Gasteiger partial charge in [0.25, 0.3) is 5.91 Å². The molecule has 1 amide bonds. The van der Waals surface area contributed by atoms with Crippen LogP contribution in [0.2, 0.25) is 5.02 Å². The maximum absolute atomic E-state index is 12.8. The van der Waals surface area contributed by atoms with Gasteiger partial charge in [0, 0.05) is 27.1 Å². The van der Waals surface area contributed by atoms with Crippen molar-refractivity contribution in [2.75, 3.05) is 11.4 Å². The molecule has 0 aliphatic carbocycles. The van der Waals surface area contributed by atoms with E-state index in [0.29, 0.717) is 23.9 Å². The summed E-state index contributed by atoms with van der Waals surface area (Å²) in [6.45, 7) is 1.00. The van der Waals surface area contributed by atoms with Crippen LogP contribution in [-0.4, -0.2) is 17.4 Å². The molecule has 0 saturated carbocycles. The van der Waals surface area contributed by atoms with Gasteiger partial charge in [-0.05, 0) is 54.4 Å². The first-order valence-corrected chi connectivity index (χ1v) is 10.1. The first-order valence-electron chi connectivity index (χ1n) is 8.03. The normalized spacial score (nSPS) is 12.9. The van der Waals surface area contributed by atoms with Crippen LogP contribution in [0.3, 0.4) is 0 Å². The minimum absolute atomic E-state index is 0.0694. The van der Waals surface area contributed by atoms with Gasteiger partial charge in [-0.1, -0.05) is 27.5 Å². The summed E-state index contributed by atoms with van der Waals surface area (Å²) in [7, 11) is 0. The molecule has 26 heavy (non-hydrogen) atoms. The van der Waals surface area contributed by atoms with E-state index in [1.807, 2.05) is 12.1 Å². The van der Waals surface area contributed by atoms with Crippen molar-refractivity contribution in [3.8, 4) is 5.75 Å². The fraction of sp³-hybridized carbons (Fsp3) is 0.158. The highest BCUT2D eigenvalue weighted by Crippen LogP contribution is 2.31. The zero-order valence-electron chi connectivity index (χ0n) is 13.6. The molecule has 1 aromatic heterocycles. The third-order valence-corrected chi connectivity index (χ3v) is 5.70. The summed E-state index contributed by atoms with van der Waals surface area (Å²) >= 11 is 10.8. The van der Waals surface area contributed by atoms with Crippen molar-refractivity contribution in [1.29, 1.82) is 0 Å². The third-order valence-electron chi connectivity index (χ3n) is 4.13. The zero-order valence-corrected chi connectivity index (χ0v) is 16.8. The second kappa shape index (κ2) is 7.39. The molecule has 0 N–H and O–H groups in total. The number of halogens is 2. The first kappa shape index (κ1) is 17.5. The summed E-state index contributed by atoms with van der Waals surface area (Å²) in [5, 5.41) is 3.22.